The van der Waals surface area contributed by atoms with Crippen molar-refractivity contribution >= 4 is 51.0 Å². The molecule has 0 bridgehead atoms. The van der Waals surface area contributed by atoms with E-state index in [0.717, 1.165) is 0 Å². The number of nitrogens with one attached hydrogen (secondary N) is 1. The first kappa shape index (κ1) is 14.1. The Morgan fingerprint density at radius 1 is 1.00 bits per heavy atom. The third-order valence-electron chi connectivity index (χ3n) is 3.14. The van der Waals surface area contributed by atoms with Crippen LogP contribution in [-0.2, 0) is 0 Å². The van der Waals surface area contributed by atoms with Crippen LogP contribution in [0.4, 0.5) is 5.69 Å². The van der Waals surface area contributed by atoms with Crippen LogP contribution in [0.2, 0.25) is 0 Å². The topological polar surface area (TPSA) is 12.0 Å². The summed E-state index contributed by atoms with van der Waals surface area (Å²) in [5, 5.41) is 7.94. The average Bonchev–Trinajstić information content (AvgIpc) is 3.12. The van der Waals surface area contributed by atoms with Crippen molar-refractivity contribution in [2.75, 3.05) is 5.32 Å². The maximum atomic E-state index is 3.67. The molecule has 102 valence electrons. The molecule has 0 radical (unpaired) electrons. The largest absolute Gasteiger partial charge is 0.373 e. The highest BCUT2D eigenvalue weighted by Crippen LogP contribution is 2.32. The summed E-state index contributed by atoms with van der Waals surface area (Å²) in [5.74, 6) is 0. The van der Waals surface area contributed by atoms with Gasteiger partial charge in [-0.15, -0.1) is 22.7 Å². The van der Waals surface area contributed by atoms with Gasteiger partial charge in [0.15, 0.2) is 0 Å². The van der Waals surface area contributed by atoms with Crippen molar-refractivity contribution < 1.29 is 0 Å². The quantitative estimate of drug-likeness (QED) is 0.525. The molecule has 1 aromatic carbocycles. The Morgan fingerprint density at radius 3 is 2.15 bits per heavy atom. The molecule has 2 aromatic heterocycles. The SMILES string of the molecule is Cc1ccc(NC(c2cccs2)c2cccs2)cc1I. The maximum absolute atomic E-state index is 3.67. The Bertz CT molecular complexity index is 640. The van der Waals surface area contributed by atoms with Crippen LogP contribution in [0.15, 0.2) is 53.2 Å². The molecule has 3 rings (SSSR count). The summed E-state index contributed by atoms with van der Waals surface area (Å²) in [4.78, 5) is 2.70. The van der Waals surface area contributed by atoms with Crippen molar-refractivity contribution in [2.45, 2.75) is 13.0 Å². The number of hydrogen-bond donors (Lipinski definition) is 1. The molecule has 0 atom stereocenters. The van der Waals surface area contributed by atoms with Crippen LogP contribution < -0.4 is 5.32 Å². The van der Waals surface area contributed by atoms with E-state index in [1.165, 1.54) is 24.6 Å². The van der Waals surface area contributed by atoms with Gasteiger partial charge in [0.1, 0.15) is 0 Å². The fourth-order valence-electron chi connectivity index (χ4n) is 2.04. The second kappa shape index (κ2) is 6.28. The molecule has 3 aromatic rings. The van der Waals surface area contributed by atoms with Gasteiger partial charge in [0.2, 0.25) is 0 Å². The molecule has 0 aliphatic carbocycles. The van der Waals surface area contributed by atoms with Gasteiger partial charge in [-0.05, 0) is 70.1 Å². The Hall–Kier alpha value is -0.850. The summed E-state index contributed by atoms with van der Waals surface area (Å²) < 4.78 is 1.30. The summed E-state index contributed by atoms with van der Waals surface area (Å²) >= 11 is 5.99. The van der Waals surface area contributed by atoms with Gasteiger partial charge in [0.05, 0.1) is 6.04 Å². The zero-order chi connectivity index (χ0) is 13.9. The third-order valence-corrected chi connectivity index (χ3v) is 6.17. The number of benzene rings is 1. The van der Waals surface area contributed by atoms with Crippen molar-refractivity contribution in [3.8, 4) is 0 Å². The predicted molar refractivity (Wildman–Crippen MR) is 98.0 cm³/mol. The Balaban J connectivity index is 1.92. The first-order valence-electron chi connectivity index (χ1n) is 6.33. The lowest BCUT2D eigenvalue weighted by atomic mass is 10.1. The first-order chi connectivity index (χ1) is 9.74. The van der Waals surface area contributed by atoms with E-state index in [0.29, 0.717) is 0 Å². The summed E-state index contributed by atoms with van der Waals surface area (Å²) in [7, 11) is 0. The van der Waals surface area contributed by atoms with E-state index >= 15 is 0 Å². The van der Waals surface area contributed by atoms with Gasteiger partial charge in [-0.1, -0.05) is 18.2 Å². The highest BCUT2D eigenvalue weighted by molar-refractivity contribution is 14.1. The molecule has 0 fully saturated rings. The van der Waals surface area contributed by atoms with E-state index in [9.17, 15) is 0 Å². The number of aryl methyl sites for hydroxylation is 1. The first-order valence-corrected chi connectivity index (χ1v) is 9.17. The molecule has 2 heterocycles. The normalized spacial score (nSPS) is 10.9. The van der Waals surface area contributed by atoms with E-state index in [2.05, 4.69) is 88.1 Å². The maximum Gasteiger partial charge on any atom is 0.0953 e. The number of hydrogen-bond acceptors (Lipinski definition) is 3. The second-order valence-corrected chi connectivity index (χ2v) is 7.69. The number of thiophene rings is 2. The monoisotopic (exact) mass is 411 g/mol. The lowest BCUT2D eigenvalue weighted by molar-refractivity contribution is 0.992. The fraction of sp³-hybridized carbons (Fsp3) is 0.125. The fourth-order valence-corrected chi connectivity index (χ4v) is 4.22. The van der Waals surface area contributed by atoms with E-state index in [4.69, 9.17) is 0 Å². The number of rotatable bonds is 4. The van der Waals surface area contributed by atoms with Gasteiger partial charge in [0.25, 0.3) is 0 Å². The summed E-state index contributed by atoms with van der Waals surface area (Å²) in [5.41, 5.74) is 2.49. The second-order valence-electron chi connectivity index (χ2n) is 4.57. The molecule has 4 heteroatoms. The molecule has 0 saturated carbocycles. The molecular weight excluding hydrogens is 397 g/mol. The van der Waals surface area contributed by atoms with Crippen molar-refractivity contribution in [2.24, 2.45) is 0 Å². The smallest absolute Gasteiger partial charge is 0.0953 e. The highest BCUT2D eigenvalue weighted by atomic mass is 127. The average molecular weight is 411 g/mol. The van der Waals surface area contributed by atoms with Crippen LogP contribution in [0.1, 0.15) is 21.4 Å². The molecule has 20 heavy (non-hydrogen) atoms. The van der Waals surface area contributed by atoms with Crippen LogP contribution in [0.25, 0.3) is 0 Å². The van der Waals surface area contributed by atoms with Gasteiger partial charge in [0, 0.05) is 19.0 Å². The molecule has 0 amide bonds. The molecule has 0 saturated heterocycles. The molecule has 1 N–H and O–H groups in total. The van der Waals surface area contributed by atoms with E-state index in [1.54, 1.807) is 22.7 Å². The van der Waals surface area contributed by atoms with Gasteiger partial charge in [-0.3, -0.25) is 0 Å². The highest BCUT2D eigenvalue weighted by Gasteiger charge is 2.16. The standard InChI is InChI=1S/C16H14INS2/c1-11-6-7-12(10-13(11)17)18-16(14-4-2-8-19-14)15-5-3-9-20-15/h2-10,16,18H,1H3. The number of anilines is 1. The zero-order valence-corrected chi connectivity index (χ0v) is 14.8. The van der Waals surface area contributed by atoms with Gasteiger partial charge in [-0.25, -0.2) is 0 Å². The van der Waals surface area contributed by atoms with Crippen molar-refractivity contribution in [1.29, 1.82) is 0 Å². The predicted octanol–water partition coefficient (Wildman–Crippen LogP) is 5.92. The minimum atomic E-state index is 0.244. The Labute approximate surface area is 140 Å². The lowest BCUT2D eigenvalue weighted by Crippen LogP contribution is -2.09. The number of halogens is 1. The minimum absolute atomic E-state index is 0.244. The van der Waals surface area contributed by atoms with E-state index in [1.807, 2.05) is 0 Å². The van der Waals surface area contributed by atoms with Crippen molar-refractivity contribution in [3.63, 3.8) is 0 Å². The van der Waals surface area contributed by atoms with Crippen LogP contribution in [0.3, 0.4) is 0 Å². The van der Waals surface area contributed by atoms with Gasteiger partial charge >= 0.3 is 0 Å². The van der Waals surface area contributed by atoms with Gasteiger partial charge < -0.3 is 5.32 Å². The summed E-state index contributed by atoms with van der Waals surface area (Å²) in [6, 6.07) is 15.4. The molecule has 0 spiro atoms. The van der Waals surface area contributed by atoms with Crippen LogP contribution >= 0.6 is 45.3 Å². The van der Waals surface area contributed by atoms with Crippen molar-refractivity contribution in [3.05, 3.63) is 72.1 Å². The van der Waals surface area contributed by atoms with Crippen molar-refractivity contribution in [1.82, 2.24) is 0 Å². The molecular formula is C16H14INS2. The van der Waals surface area contributed by atoms with Crippen LogP contribution in [-0.4, -0.2) is 0 Å². The molecule has 0 aliphatic rings. The Morgan fingerprint density at radius 2 is 1.65 bits per heavy atom. The third kappa shape index (κ3) is 3.07. The van der Waals surface area contributed by atoms with Crippen LogP contribution in [0.5, 0.6) is 0 Å². The Kier molecular flexibility index (Phi) is 4.43. The van der Waals surface area contributed by atoms with E-state index < -0.39 is 0 Å². The van der Waals surface area contributed by atoms with Gasteiger partial charge in [-0.2, -0.15) is 0 Å². The molecule has 0 unspecified atom stereocenters. The van der Waals surface area contributed by atoms with Crippen LogP contribution in [0, 0.1) is 10.5 Å². The zero-order valence-electron chi connectivity index (χ0n) is 11.0. The minimum Gasteiger partial charge on any atom is -0.373 e. The lowest BCUT2D eigenvalue weighted by Gasteiger charge is -2.18. The summed E-state index contributed by atoms with van der Waals surface area (Å²) in [6.45, 7) is 2.14. The summed E-state index contributed by atoms with van der Waals surface area (Å²) in [6.07, 6.45) is 0. The molecule has 1 nitrogen and oxygen atoms in total. The van der Waals surface area contributed by atoms with E-state index in [-0.39, 0.29) is 6.04 Å². The molecule has 0 aliphatic heterocycles.